The van der Waals surface area contributed by atoms with Crippen LogP contribution in [0.3, 0.4) is 0 Å². The fraction of sp³-hybridized carbons (Fsp3) is 0.185. The van der Waals surface area contributed by atoms with Crippen molar-refractivity contribution in [1.82, 2.24) is 15.1 Å². The Labute approximate surface area is 207 Å². The first-order valence-electron chi connectivity index (χ1n) is 11.1. The molecule has 0 atom stereocenters. The lowest BCUT2D eigenvalue weighted by molar-refractivity contribution is -0.0512. The summed E-state index contributed by atoms with van der Waals surface area (Å²) in [6, 6.07) is 21.6. The molecule has 0 radical (unpaired) electrons. The molecule has 7 nitrogen and oxygen atoms in total. The van der Waals surface area contributed by atoms with Crippen molar-refractivity contribution in [2.75, 3.05) is 14.2 Å². The van der Waals surface area contributed by atoms with Crippen LogP contribution in [-0.2, 0) is 13.1 Å². The number of nitrogens with zero attached hydrogens (tertiary/aromatic N) is 2. The fourth-order valence-electron chi connectivity index (χ4n) is 3.72. The molecule has 0 bridgehead atoms. The van der Waals surface area contributed by atoms with Crippen molar-refractivity contribution < 1.29 is 27.8 Å². The van der Waals surface area contributed by atoms with Gasteiger partial charge in [0.15, 0.2) is 11.5 Å². The SMILES string of the molecule is COc1cccc(-c2nn(Cc3ccccc3)cc2C(=O)NCc2ccc(OC(F)F)c(OC)c2)c1. The molecule has 1 amide bonds. The molecular formula is C27H25F2N3O4. The van der Waals surface area contributed by atoms with Crippen LogP contribution in [0.15, 0.2) is 79.0 Å². The van der Waals surface area contributed by atoms with Crippen LogP contribution in [0.1, 0.15) is 21.5 Å². The topological polar surface area (TPSA) is 74.6 Å². The van der Waals surface area contributed by atoms with Crippen LogP contribution in [0.25, 0.3) is 11.3 Å². The van der Waals surface area contributed by atoms with Crippen LogP contribution >= 0.6 is 0 Å². The number of ether oxygens (including phenoxy) is 3. The summed E-state index contributed by atoms with van der Waals surface area (Å²) in [6.45, 7) is -2.33. The second-order valence-corrected chi connectivity index (χ2v) is 7.85. The van der Waals surface area contributed by atoms with Gasteiger partial charge in [0.2, 0.25) is 0 Å². The van der Waals surface area contributed by atoms with Crippen LogP contribution in [0.5, 0.6) is 17.2 Å². The van der Waals surface area contributed by atoms with E-state index in [0.29, 0.717) is 29.1 Å². The number of methoxy groups -OCH3 is 2. The molecular weight excluding hydrogens is 468 g/mol. The molecule has 1 heterocycles. The van der Waals surface area contributed by atoms with E-state index in [0.717, 1.165) is 11.1 Å². The number of aromatic nitrogens is 2. The standard InChI is InChI=1S/C27H25F2N3O4/c1-34-21-10-6-9-20(14-21)25-22(17-32(31-25)16-18-7-4-3-5-8-18)26(33)30-15-19-11-12-23(36-27(28)29)24(13-19)35-2/h3-14,17,27H,15-16H2,1-2H3,(H,30,33). The Morgan fingerprint density at radius 2 is 1.75 bits per heavy atom. The molecule has 0 aliphatic rings. The van der Waals surface area contributed by atoms with Crippen molar-refractivity contribution in [1.29, 1.82) is 0 Å². The van der Waals surface area contributed by atoms with E-state index in [2.05, 4.69) is 15.2 Å². The third kappa shape index (κ3) is 5.99. The zero-order valence-electron chi connectivity index (χ0n) is 19.8. The number of rotatable bonds is 10. The van der Waals surface area contributed by atoms with Gasteiger partial charge < -0.3 is 19.5 Å². The van der Waals surface area contributed by atoms with Crippen molar-refractivity contribution in [3.63, 3.8) is 0 Å². The molecule has 36 heavy (non-hydrogen) atoms. The first-order chi connectivity index (χ1) is 17.5. The quantitative estimate of drug-likeness (QED) is 0.331. The smallest absolute Gasteiger partial charge is 0.387 e. The Morgan fingerprint density at radius 3 is 2.47 bits per heavy atom. The van der Waals surface area contributed by atoms with E-state index < -0.39 is 6.61 Å². The normalized spacial score (nSPS) is 10.8. The highest BCUT2D eigenvalue weighted by atomic mass is 19.3. The first-order valence-corrected chi connectivity index (χ1v) is 11.1. The second-order valence-electron chi connectivity index (χ2n) is 7.85. The minimum absolute atomic E-state index is 0.0786. The molecule has 9 heteroatoms. The summed E-state index contributed by atoms with van der Waals surface area (Å²) < 4.78 is 41.8. The Bertz CT molecular complexity index is 1330. The number of halogens is 2. The van der Waals surface area contributed by atoms with Gasteiger partial charge in [0.05, 0.1) is 26.3 Å². The lowest BCUT2D eigenvalue weighted by Gasteiger charge is -2.12. The maximum absolute atomic E-state index is 13.2. The Morgan fingerprint density at radius 1 is 0.944 bits per heavy atom. The molecule has 0 spiro atoms. The van der Waals surface area contributed by atoms with Crippen molar-refractivity contribution in [2.45, 2.75) is 19.7 Å². The number of benzene rings is 3. The number of carbonyl (C=O) groups excluding carboxylic acids is 1. The highest BCUT2D eigenvalue weighted by Crippen LogP contribution is 2.30. The van der Waals surface area contributed by atoms with Crippen LogP contribution < -0.4 is 19.5 Å². The predicted molar refractivity (Wildman–Crippen MR) is 131 cm³/mol. The van der Waals surface area contributed by atoms with Gasteiger partial charge in [-0.15, -0.1) is 0 Å². The fourth-order valence-corrected chi connectivity index (χ4v) is 3.72. The van der Waals surface area contributed by atoms with Crippen LogP contribution in [0, 0.1) is 0 Å². The Hall–Kier alpha value is -4.40. The van der Waals surface area contributed by atoms with Gasteiger partial charge in [-0.1, -0.05) is 48.5 Å². The molecule has 4 rings (SSSR count). The summed E-state index contributed by atoms with van der Waals surface area (Å²) >= 11 is 0. The number of nitrogens with one attached hydrogen (secondary N) is 1. The summed E-state index contributed by atoms with van der Waals surface area (Å²) in [4.78, 5) is 13.2. The summed E-state index contributed by atoms with van der Waals surface area (Å²) in [6.07, 6.45) is 1.71. The zero-order chi connectivity index (χ0) is 25.5. The average molecular weight is 494 g/mol. The van der Waals surface area contributed by atoms with Gasteiger partial charge in [0.25, 0.3) is 5.91 Å². The van der Waals surface area contributed by atoms with Gasteiger partial charge in [-0.05, 0) is 35.4 Å². The number of amides is 1. The first kappa shape index (κ1) is 24.7. The number of carbonyl (C=O) groups is 1. The molecule has 1 aromatic heterocycles. The molecule has 186 valence electrons. The third-order valence-electron chi connectivity index (χ3n) is 5.43. The van der Waals surface area contributed by atoms with E-state index >= 15 is 0 Å². The lowest BCUT2D eigenvalue weighted by Crippen LogP contribution is -2.23. The average Bonchev–Trinajstić information content (AvgIpc) is 3.32. The number of hydrogen-bond acceptors (Lipinski definition) is 5. The summed E-state index contributed by atoms with van der Waals surface area (Å²) in [5, 5.41) is 7.56. The van der Waals surface area contributed by atoms with Crippen molar-refractivity contribution in [3.05, 3.63) is 95.7 Å². The van der Waals surface area contributed by atoms with Gasteiger partial charge in [0, 0.05) is 18.3 Å². The van der Waals surface area contributed by atoms with E-state index in [1.165, 1.54) is 13.2 Å². The molecule has 3 aromatic carbocycles. The van der Waals surface area contributed by atoms with Crippen LogP contribution in [-0.4, -0.2) is 36.5 Å². The number of hydrogen-bond donors (Lipinski definition) is 1. The molecule has 0 aliphatic carbocycles. The predicted octanol–water partition coefficient (Wildman–Crippen LogP) is 5.15. The highest BCUT2D eigenvalue weighted by Gasteiger charge is 2.19. The lowest BCUT2D eigenvalue weighted by atomic mass is 10.1. The molecule has 4 aromatic rings. The van der Waals surface area contributed by atoms with Crippen LogP contribution in [0.2, 0.25) is 0 Å². The Balaban J connectivity index is 1.58. The highest BCUT2D eigenvalue weighted by molar-refractivity contribution is 5.99. The third-order valence-corrected chi connectivity index (χ3v) is 5.43. The van der Waals surface area contributed by atoms with Crippen LogP contribution in [0.4, 0.5) is 8.78 Å². The van der Waals surface area contributed by atoms with E-state index in [-0.39, 0.29) is 24.0 Å². The van der Waals surface area contributed by atoms with Crippen molar-refractivity contribution in [2.24, 2.45) is 0 Å². The van der Waals surface area contributed by atoms with Crippen molar-refractivity contribution in [3.8, 4) is 28.5 Å². The Kier molecular flexibility index (Phi) is 7.79. The molecule has 0 unspecified atom stereocenters. The minimum atomic E-state index is -2.97. The van der Waals surface area contributed by atoms with Gasteiger partial charge in [-0.2, -0.15) is 13.9 Å². The summed E-state index contributed by atoms with van der Waals surface area (Å²) in [5.74, 6) is 0.383. The largest absolute Gasteiger partial charge is 0.497 e. The minimum Gasteiger partial charge on any atom is -0.497 e. The maximum atomic E-state index is 13.2. The van der Waals surface area contributed by atoms with E-state index in [9.17, 15) is 13.6 Å². The molecule has 0 fully saturated rings. The van der Waals surface area contributed by atoms with E-state index in [1.54, 1.807) is 30.1 Å². The zero-order valence-corrected chi connectivity index (χ0v) is 19.8. The van der Waals surface area contributed by atoms with E-state index in [1.807, 2.05) is 54.6 Å². The monoisotopic (exact) mass is 493 g/mol. The van der Waals surface area contributed by atoms with Gasteiger partial charge in [0.1, 0.15) is 11.4 Å². The van der Waals surface area contributed by atoms with Crippen molar-refractivity contribution >= 4 is 5.91 Å². The van der Waals surface area contributed by atoms with Gasteiger partial charge in [-0.25, -0.2) is 0 Å². The van der Waals surface area contributed by atoms with E-state index in [4.69, 9.17) is 9.47 Å². The molecule has 0 aliphatic heterocycles. The second kappa shape index (κ2) is 11.4. The van der Waals surface area contributed by atoms with Gasteiger partial charge in [-0.3, -0.25) is 9.48 Å². The summed E-state index contributed by atoms with van der Waals surface area (Å²) in [5.41, 5.74) is 3.34. The molecule has 1 N–H and O–H groups in total. The summed E-state index contributed by atoms with van der Waals surface area (Å²) in [7, 11) is 2.93. The maximum Gasteiger partial charge on any atom is 0.387 e. The molecule has 0 saturated carbocycles. The van der Waals surface area contributed by atoms with Gasteiger partial charge >= 0.3 is 6.61 Å². The number of alkyl halides is 2. The molecule has 0 saturated heterocycles.